The molecule has 0 radical (unpaired) electrons. The lowest BCUT2D eigenvalue weighted by atomic mass is 10.1. The first-order chi connectivity index (χ1) is 13.8. The molecule has 0 bridgehead atoms. The van der Waals surface area contributed by atoms with Crippen LogP contribution in [0.5, 0.6) is 11.5 Å². The normalized spacial score (nSPS) is 10.8. The number of rotatable bonds is 7. The van der Waals surface area contributed by atoms with Crippen LogP contribution in [-0.4, -0.2) is 18.5 Å². The number of imide groups is 1. The van der Waals surface area contributed by atoms with E-state index in [0.29, 0.717) is 33.7 Å². The standard InChI is InChI=1S/C20H17BrFN3O4/c1-2-28-17-9-12(7-14(10-23)19(26)25-20(24)27)8-15(21)18(17)29-11-13-5-3-4-6-16(13)22/h3-9H,2,11H2,1H3,(H3,24,25,26,27)/b14-7-. The Hall–Kier alpha value is -3.38. The van der Waals surface area contributed by atoms with Crippen molar-refractivity contribution in [3.05, 3.63) is 63.4 Å². The monoisotopic (exact) mass is 461 g/mol. The first-order valence-electron chi connectivity index (χ1n) is 8.40. The fraction of sp³-hybridized carbons (Fsp3) is 0.150. The molecule has 0 heterocycles. The van der Waals surface area contributed by atoms with Crippen LogP contribution in [0.25, 0.3) is 6.08 Å². The summed E-state index contributed by atoms with van der Waals surface area (Å²) in [6.07, 6.45) is 1.27. The minimum Gasteiger partial charge on any atom is -0.490 e. The van der Waals surface area contributed by atoms with Gasteiger partial charge in [-0.15, -0.1) is 0 Å². The van der Waals surface area contributed by atoms with Crippen LogP contribution in [0.2, 0.25) is 0 Å². The Bertz CT molecular complexity index is 1000. The van der Waals surface area contributed by atoms with E-state index < -0.39 is 11.9 Å². The zero-order valence-corrected chi connectivity index (χ0v) is 17.0. The Balaban J connectivity index is 2.35. The number of primary amides is 1. The minimum atomic E-state index is -1.07. The van der Waals surface area contributed by atoms with Gasteiger partial charge in [0, 0.05) is 5.56 Å². The van der Waals surface area contributed by atoms with Gasteiger partial charge >= 0.3 is 6.03 Å². The van der Waals surface area contributed by atoms with Crippen molar-refractivity contribution in [3.8, 4) is 17.6 Å². The van der Waals surface area contributed by atoms with Crippen molar-refractivity contribution >= 4 is 33.9 Å². The molecule has 29 heavy (non-hydrogen) atoms. The number of nitrogens with one attached hydrogen (secondary N) is 1. The lowest BCUT2D eigenvalue weighted by Gasteiger charge is -2.15. The van der Waals surface area contributed by atoms with Crippen LogP contribution in [0.15, 0.2) is 46.4 Å². The van der Waals surface area contributed by atoms with Gasteiger partial charge in [-0.25, -0.2) is 9.18 Å². The third kappa shape index (κ3) is 6.05. The largest absolute Gasteiger partial charge is 0.490 e. The van der Waals surface area contributed by atoms with E-state index in [4.69, 9.17) is 20.5 Å². The number of halogens is 2. The second kappa shape index (κ2) is 10.2. The molecule has 0 unspecified atom stereocenters. The highest BCUT2D eigenvalue weighted by atomic mass is 79.9. The summed E-state index contributed by atoms with van der Waals surface area (Å²) in [6, 6.07) is 10.0. The molecule has 0 fully saturated rings. The maximum Gasteiger partial charge on any atom is 0.319 e. The number of amides is 3. The number of nitriles is 1. The van der Waals surface area contributed by atoms with Crippen LogP contribution >= 0.6 is 15.9 Å². The van der Waals surface area contributed by atoms with Gasteiger partial charge in [0.15, 0.2) is 11.5 Å². The van der Waals surface area contributed by atoms with Crippen molar-refractivity contribution < 1.29 is 23.5 Å². The van der Waals surface area contributed by atoms with Gasteiger partial charge in [-0.1, -0.05) is 18.2 Å². The Morgan fingerprint density at radius 1 is 1.31 bits per heavy atom. The predicted octanol–water partition coefficient (Wildman–Crippen LogP) is 3.67. The highest BCUT2D eigenvalue weighted by Crippen LogP contribution is 2.38. The summed E-state index contributed by atoms with van der Waals surface area (Å²) in [4.78, 5) is 22.7. The van der Waals surface area contributed by atoms with Gasteiger partial charge in [0.05, 0.1) is 11.1 Å². The molecule has 0 aromatic heterocycles. The predicted molar refractivity (Wildman–Crippen MR) is 107 cm³/mol. The molecule has 0 saturated heterocycles. The van der Waals surface area contributed by atoms with Crippen molar-refractivity contribution in [3.63, 3.8) is 0 Å². The summed E-state index contributed by atoms with van der Waals surface area (Å²) < 4.78 is 25.6. The van der Waals surface area contributed by atoms with Crippen LogP contribution in [-0.2, 0) is 11.4 Å². The number of nitrogens with two attached hydrogens (primary N) is 1. The molecule has 0 saturated carbocycles. The van der Waals surface area contributed by atoms with Crippen molar-refractivity contribution in [1.82, 2.24) is 5.32 Å². The molecule has 9 heteroatoms. The molecular formula is C20H17BrFN3O4. The Kier molecular flexibility index (Phi) is 7.74. The molecule has 0 spiro atoms. The average molecular weight is 462 g/mol. The van der Waals surface area contributed by atoms with E-state index in [9.17, 15) is 14.0 Å². The third-order valence-electron chi connectivity index (χ3n) is 3.57. The summed E-state index contributed by atoms with van der Waals surface area (Å²) in [5.74, 6) is -0.640. The van der Waals surface area contributed by atoms with Crippen molar-refractivity contribution in [2.24, 2.45) is 5.73 Å². The van der Waals surface area contributed by atoms with Crippen molar-refractivity contribution in [1.29, 1.82) is 5.26 Å². The molecule has 7 nitrogen and oxygen atoms in total. The summed E-state index contributed by atoms with van der Waals surface area (Å²) in [5, 5.41) is 11.0. The summed E-state index contributed by atoms with van der Waals surface area (Å²) in [6.45, 7) is 2.08. The van der Waals surface area contributed by atoms with Gasteiger partial charge in [-0.2, -0.15) is 5.26 Å². The fourth-order valence-corrected chi connectivity index (χ4v) is 2.91. The molecule has 0 aliphatic carbocycles. The lowest BCUT2D eigenvalue weighted by Crippen LogP contribution is -2.35. The minimum absolute atomic E-state index is 0.0228. The highest BCUT2D eigenvalue weighted by Gasteiger charge is 2.15. The van der Waals surface area contributed by atoms with Crippen LogP contribution in [0.4, 0.5) is 9.18 Å². The molecular weight excluding hydrogens is 445 g/mol. The van der Waals surface area contributed by atoms with E-state index in [2.05, 4.69) is 15.9 Å². The number of hydrogen-bond acceptors (Lipinski definition) is 5. The van der Waals surface area contributed by atoms with Gasteiger partial charge < -0.3 is 15.2 Å². The van der Waals surface area contributed by atoms with Crippen LogP contribution in [0.1, 0.15) is 18.1 Å². The first-order valence-corrected chi connectivity index (χ1v) is 9.20. The third-order valence-corrected chi connectivity index (χ3v) is 4.16. The summed E-state index contributed by atoms with van der Waals surface area (Å²) in [5.41, 5.74) is 5.39. The lowest BCUT2D eigenvalue weighted by molar-refractivity contribution is -0.115. The zero-order chi connectivity index (χ0) is 21.4. The Morgan fingerprint density at radius 3 is 2.66 bits per heavy atom. The SMILES string of the molecule is CCOc1cc(/C=C(/C#N)C(=O)NC(N)=O)cc(Br)c1OCc1ccccc1F. The molecule has 0 aliphatic heterocycles. The Morgan fingerprint density at radius 2 is 2.03 bits per heavy atom. The van der Waals surface area contributed by atoms with E-state index in [1.807, 2.05) is 5.32 Å². The molecule has 2 aromatic carbocycles. The van der Waals surface area contributed by atoms with E-state index in [-0.39, 0.29) is 18.0 Å². The second-order valence-electron chi connectivity index (χ2n) is 5.63. The smallest absolute Gasteiger partial charge is 0.319 e. The second-order valence-corrected chi connectivity index (χ2v) is 6.49. The van der Waals surface area contributed by atoms with Crippen molar-refractivity contribution in [2.45, 2.75) is 13.5 Å². The van der Waals surface area contributed by atoms with Crippen LogP contribution in [0.3, 0.4) is 0 Å². The van der Waals surface area contributed by atoms with Crippen LogP contribution < -0.4 is 20.5 Å². The number of hydrogen-bond donors (Lipinski definition) is 2. The summed E-state index contributed by atoms with van der Waals surface area (Å²) >= 11 is 3.36. The maximum atomic E-state index is 13.8. The van der Waals surface area contributed by atoms with E-state index >= 15 is 0 Å². The molecule has 2 aromatic rings. The quantitative estimate of drug-likeness (QED) is 0.482. The fourth-order valence-electron chi connectivity index (χ4n) is 2.33. The molecule has 3 N–H and O–H groups in total. The molecule has 0 aliphatic rings. The number of carbonyl (C=O) groups excluding carboxylic acids is 2. The number of nitrogens with zero attached hydrogens (tertiary/aromatic N) is 1. The number of urea groups is 1. The summed E-state index contributed by atoms with van der Waals surface area (Å²) in [7, 11) is 0. The van der Waals surface area contributed by atoms with Crippen LogP contribution in [0, 0.1) is 17.1 Å². The number of carbonyl (C=O) groups is 2. The van der Waals surface area contributed by atoms with E-state index in [0.717, 1.165) is 0 Å². The first kappa shape index (κ1) is 21.9. The molecule has 0 atom stereocenters. The van der Waals surface area contributed by atoms with Crippen molar-refractivity contribution in [2.75, 3.05) is 6.61 Å². The Labute approximate surface area is 175 Å². The van der Waals surface area contributed by atoms with Gasteiger partial charge in [0.1, 0.15) is 24.1 Å². The highest BCUT2D eigenvalue weighted by molar-refractivity contribution is 9.10. The number of ether oxygens (including phenoxy) is 2. The van der Waals surface area contributed by atoms with E-state index in [1.54, 1.807) is 43.3 Å². The van der Waals surface area contributed by atoms with Gasteiger partial charge in [0.25, 0.3) is 5.91 Å². The zero-order valence-electron chi connectivity index (χ0n) is 15.4. The van der Waals surface area contributed by atoms with Gasteiger partial charge in [-0.05, 0) is 52.7 Å². The molecule has 2 rings (SSSR count). The maximum absolute atomic E-state index is 13.8. The topological polar surface area (TPSA) is 114 Å². The number of benzene rings is 2. The molecule has 150 valence electrons. The average Bonchev–Trinajstić information content (AvgIpc) is 2.66. The van der Waals surface area contributed by atoms with Gasteiger partial charge in [-0.3, -0.25) is 10.1 Å². The molecule has 3 amide bonds. The van der Waals surface area contributed by atoms with Gasteiger partial charge in [0.2, 0.25) is 0 Å². The van der Waals surface area contributed by atoms with E-state index in [1.165, 1.54) is 12.1 Å².